The van der Waals surface area contributed by atoms with E-state index in [0.29, 0.717) is 5.56 Å². The zero-order valence-electron chi connectivity index (χ0n) is 15.2. The minimum Gasteiger partial charge on any atom is -0.340 e. The number of hydrogen-bond acceptors (Lipinski definition) is 3. The van der Waals surface area contributed by atoms with Gasteiger partial charge in [-0.05, 0) is 45.0 Å². The number of rotatable bonds is 4. The van der Waals surface area contributed by atoms with E-state index in [-0.39, 0.29) is 17.7 Å². The van der Waals surface area contributed by atoms with Crippen molar-refractivity contribution in [2.75, 3.05) is 33.2 Å². The maximum atomic E-state index is 12.9. The molecule has 1 aromatic carbocycles. The molecule has 5 nitrogen and oxygen atoms in total. The van der Waals surface area contributed by atoms with Crippen LogP contribution in [0.2, 0.25) is 0 Å². The van der Waals surface area contributed by atoms with E-state index in [4.69, 9.17) is 0 Å². The molecule has 5 heteroatoms. The van der Waals surface area contributed by atoms with Crippen LogP contribution in [0.4, 0.5) is 0 Å². The summed E-state index contributed by atoms with van der Waals surface area (Å²) in [7, 11) is 2.08. The van der Waals surface area contributed by atoms with Crippen molar-refractivity contribution < 1.29 is 9.59 Å². The molecular formula is C19H29N3O2. The average Bonchev–Trinajstić information content (AvgIpc) is 2.76. The minimum atomic E-state index is -0.484. The molecule has 132 valence electrons. The molecule has 1 atom stereocenters. The Balaban J connectivity index is 2.06. The quantitative estimate of drug-likeness (QED) is 0.917. The number of amides is 2. The summed E-state index contributed by atoms with van der Waals surface area (Å²) in [6.07, 6.45) is 0.971. The molecule has 0 spiro atoms. The summed E-state index contributed by atoms with van der Waals surface area (Å²) in [5.74, 6) is -0.109. The van der Waals surface area contributed by atoms with E-state index in [9.17, 15) is 9.59 Å². The molecule has 0 radical (unpaired) electrons. The average molecular weight is 331 g/mol. The fourth-order valence-electron chi connectivity index (χ4n) is 2.91. The van der Waals surface area contributed by atoms with Gasteiger partial charge in [0, 0.05) is 25.2 Å². The Morgan fingerprint density at radius 1 is 1.04 bits per heavy atom. The van der Waals surface area contributed by atoms with Crippen molar-refractivity contribution in [1.29, 1.82) is 0 Å². The molecule has 1 saturated heterocycles. The Bertz CT molecular complexity index is 568. The van der Waals surface area contributed by atoms with Gasteiger partial charge < -0.3 is 15.1 Å². The van der Waals surface area contributed by atoms with E-state index in [1.165, 1.54) is 0 Å². The second kappa shape index (κ2) is 8.29. The molecule has 1 N–H and O–H groups in total. The molecule has 0 bridgehead atoms. The van der Waals surface area contributed by atoms with Crippen molar-refractivity contribution >= 4 is 11.8 Å². The van der Waals surface area contributed by atoms with E-state index in [2.05, 4.69) is 17.3 Å². The first-order valence-corrected chi connectivity index (χ1v) is 8.73. The van der Waals surface area contributed by atoms with Crippen LogP contribution in [-0.4, -0.2) is 60.9 Å². The van der Waals surface area contributed by atoms with Crippen molar-refractivity contribution in [1.82, 2.24) is 15.1 Å². The maximum absolute atomic E-state index is 12.9. The molecule has 1 aliphatic rings. The number of nitrogens with zero attached hydrogens (tertiary/aromatic N) is 2. The Kier molecular flexibility index (Phi) is 6.37. The molecule has 0 aliphatic carbocycles. The number of carbonyl (C=O) groups excluding carboxylic acids is 2. The van der Waals surface area contributed by atoms with Crippen molar-refractivity contribution in [2.45, 2.75) is 33.2 Å². The molecule has 2 amide bonds. The normalized spacial score (nSPS) is 17.5. The van der Waals surface area contributed by atoms with E-state index >= 15 is 0 Å². The fourth-order valence-corrected chi connectivity index (χ4v) is 2.91. The summed E-state index contributed by atoms with van der Waals surface area (Å²) in [5.41, 5.74) is 1.70. The molecule has 24 heavy (non-hydrogen) atoms. The van der Waals surface area contributed by atoms with Crippen molar-refractivity contribution in [3.05, 3.63) is 35.4 Å². The molecule has 0 unspecified atom stereocenters. The monoisotopic (exact) mass is 331 g/mol. The zero-order valence-corrected chi connectivity index (χ0v) is 15.2. The van der Waals surface area contributed by atoms with Crippen LogP contribution in [0.3, 0.4) is 0 Å². The van der Waals surface area contributed by atoms with Crippen LogP contribution in [0.5, 0.6) is 0 Å². The lowest BCUT2D eigenvalue weighted by Crippen LogP contribution is -2.52. The number of nitrogens with one attached hydrogen (secondary N) is 1. The second-order valence-electron chi connectivity index (χ2n) is 7.04. The van der Waals surface area contributed by atoms with Gasteiger partial charge in [-0.2, -0.15) is 0 Å². The summed E-state index contributed by atoms with van der Waals surface area (Å²) >= 11 is 0. The molecule has 0 saturated carbocycles. The third-order valence-corrected chi connectivity index (χ3v) is 4.56. The van der Waals surface area contributed by atoms with Crippen LogP contribution in [-0.2, 0) is 4.79 Å². The van der Waals surface area contributed by atoms with Crippen LogP contribution in [0, 0.1) is 12.8 Å². The first kappa shape index (κ1) is 18.5. The van der Waals surface area contributed by atoms with Gasteiger partial charge in [0.25, 0.3) is 5.91 Å². The van der Waals surface area contributed by atoms with Gasteiger partial charge in [-0.25, -0.2) is 0 Å². The minimum absolute atomic E-state index is 0.0285. The van der Waals surface area contributed by atoms with Gasteiger partial charge in [0.2, 0.25) is 5.91 Å². The number of carbonyl (C=O) groups is 2. The van der Waals surface area contributed by atoms with Crippen molar-refractivity contribution in [3.63, 3.8) is 0 Å². The third-order valence-electron chi connectivity index (χ3n) is 4.56. The Morgan fingerprint density at radius 2 is 1.71 bits per heavy atom. The Hall–Kier alpha value is -1.88. The van der Waals surface area contributed by atoms with Gasteiger partial charge in [0.05, 0.1) is 0 Å². The fraction of sp³-hybridized carbons (Fsp3) is 0.579. The predicted octanol–water partition coefficient (Wildman–Crippen LogP) is 1.91. The first-order valence-electron chi connectivity index (χ1n) is 8.73. The van der Waals surface area contributed by atoms with Crippen LogP contribution in [0.1, 0.15) is 36.2 Å². The molecule has 1 fully saturated rings. The molecule has 1 heterocycles. The Morgan fingerprint density at radius 3 is 2.33 bits per heavy atom. The van der Waals surface area contributed by atoms with Gasteiger partial charge >= 0.3 is 0 Å². The van der Waals surface area contributed by atoms with Gasteiger partial charge in [-0.1, -0.05) is 31.5 Å². The molecular weight excluding hydrogens is 302 g/mol. The smallest absolute Gasteiger partial charge is 0.251 e. The summed E-state index contributed by atoms with van der Waals surface area (Å²) < 4.78 is 0. The van der Waals surface area contributed by atoms with Crippen LogP contribution in [0.15, 0.2) is 24.3 Å². The van der Waals surface area contributed by atoms with Gasteiger partial charge in [-0.3, -0.25) is 9.59 Å². The lowest BCUT2D eigenvalue weighted by molar-refractivity contribution is -0.134. The number of benzene rings is 1. The molecule has 0 aromatic heterocycles. The van der Waals surface area contributed by atoms with Crippen molar-refractivity contribution in [2.24, 2.45) is 5.92 Å². The highest BCUT2D eigenvalue weighted by Crippen LogP contribution is 2.11. The van der Waals surface area contributed by atoms with E-state index in [1.807, 2.05) is 37.8 Å². The number of hydrogen-bond donors (Lipinski definition) is 1. The SMILES string of the molecule is Cc1ccc(C(=O)N[C@H](C(=O)N2CCCN(C)CC2)C(C)C)cc1. The summed E-state index contributed by atoms with van der Waals surface area (Å²) in [6, 6.07) is 6.93. The lowest BCUT2D eigenvalue weighted by Gasteiger charge is -2.29. The Labute approximate surface area is 145 Å². The first-order chi connectivity index (χ1) is 11.4. The second-order valence-corrected chi connectivity index (χ2v) is 7.04. The topological polar surface area (TPSA) is 52.7 Å². The van der Waals surface area contributed by atoms with Gasteiger partial charge in [-0.15, -0.1) is 0 Å². The van der Waals surface area contributed by atoms with Gasteiger partial charge in [0.1, 0.15) is 6.04 Å². The highest BCUT2D eigenvalue weighted by atomic mass is 16.2. The van der Waals surface area contributed by atoms with E-state index in [1.54, 1.807) is 12.1 Å². The van der Waals surface area contributed by atoms with Gasteiger partial charge in [0.15, 0.2) is 0 Å². The highest BCUT2D eigenvalue weighted by molar-refractivity contribution is 5.97. The van der Waals surface area contributed by atoms with Crippen LogP contribution >= 0.6 is 0 Å². The predicted molar refractivity (Wildman–Crippen MR) is 96.0 cm³/mol. The molecule has 1 aromatic rings. The lowest BCUT2D eigenvalue weighted by atomic mass is 10.0. The summed E-state index contributed by atoms with van der Waals surface area (Å²) in [4.78, 5) is 29.5. The largest absolute Gasteiger partial charge is 0.340 e. The molecule has 1 aliphatic heterocycles. The maximum Gasteiger partial charge on any atom is 0.251 e. The highest BCUT2D eigenvalue weighted by Gasteiger charge is 2.29. The number of aryl methyl sites for hydroxylation is 1. The van der Waals surface area contributed by atoms with Crippen LogP contribution < -0.4 is 5.32 Å². The number of likely N-dealkylation sites (N-methyl/N-ethyl adjacent to an activating group) is 1. The summed E-state index contributed by atoms with van der Waals surface area (Å²) in [5, 5.41) is 2.94. The van der Waals surface area contributed by atoms with E-state index < -0.39 is 6.04 Å². The molecule has 2 rings (SSSR count). The third kappa shape index (κ3) is 4.81. The summed E-state index contributed by atoms with van der Waals surface area (Å²) in [6.45, 7) is 9.29. The van der Waals surface area contributed by atoms with E-state index in [0.717, 1.165) is 38.2 Å². The van der Waals surface area contributed by atoms with Crippen molar-refractivity contribution in [3.8, 4) is 0 Å². The zero-order chi connectivity index (χ0) is 17.7. The van der Waals surface area contributed by atoms with Crippen LogP contribution in [0.25, 0.3) is 0 Å². The standard InChI is InChI=1S/C19H29N3O2/c1-14(2)17(19(24)22-11-5-10-21(4)12-13-22)20-18(23)16-8-6-15(3)7-9-16/h6-9,14,17H,5,10-13H2,1-4H3,(H,20,23)/t17-/m0/s1.